The van der Waals surface area contributed by atoms with Crippen LogP contribution in [-0.4, -0.2) is 17.0 Å². The lowest BCUT2D eigenvalue weighted by Gasteiger charge is -2.24. The van der Waals surface area contributed by atoms with Crippen LogP contribution in [0.2, 0.25) is 5.02 Å². The Morgan fingerprint density at radius 1 is 1.24 bits per heavy atom. The molecule has 1 fully saturated rings. The summed E-state index contributed by atoms with van der Waals surface area (Å²) in [4.78, 5) is 23.7. The first-order valence-electron chi connectivity index (χ1n) is 6.65. The van der Waals surface area contributed by atoms with Gasteiger partial charge in [-0.05, 0) is 30.4 Å². The monoisotopic (exact) mass is 309 g/mol. The third-order valence-corrected chi connectivity index (χ3v) is 4.55. The van der Waals surface area contributed by atoms with Gasteiger partial charge >= 0.3 is 5.97 Å². The second-order valence-corrected chi connectivity index (χ2v) is 5.84. The fourth-order valence-electron chi connectivity index (χ4n) is 3.33. The zero-order chi connectivity index (χ0) is 15.1. The van der Waals surface area contributed by atoms with Crippen molar-refractivity contribution in [2.75, 3.05) is 5.32 Å². The van der Waals surface area contributed by atoms with Crippen LogP contribution in [0.1, 0.15) is 6.42 Å². The van der Waals surface area contributed by atoms with Gasteiger partial charge in [0.15, 0.2) is 5.82 Å². The molecular formula is C15H13ClFNO3. The predicted octanol–water partition coefficient (Wildman–Crippen LogP) is 2.94. The number of anilines is 1. The van der Waals surface area contributed by atoms with Gasteiger partial charge in [0.1, 0.15) is 0 Å². The van der Waals surface area contributed by atoms with Crippen molar-refractivity contribution in [3.8, 4) is 0 Å². The number of carbonyl (C=O) groups excluding carboxylic acids is 1. The first kappa shape index (κ1) is 14.1. The highest BCUT2D eigenvalue weighted by Crippen LogP contribution is 2.48. The molecule has 6 heteroatoms. The number of nitrogens with one attached hydrogen (secondary N) is 1. The van der Waals surface area contributed by atoms with E-state index in [1.165, 1.54) is 18.2 Å². The van der Waals surface area contributed by atoms with Gasteiger partial charge in [-0.25, -0.2) is 4.39 Å². The highest BCUT2D eigenvalue weighted by molar-refractivity contribution is 6.31. The van der Waals surface area contributed by atoms with Crippen molar-refractivity contribution in [2.45, 2.75) is 6.42 Å². The van der Waals surface area contributed by atoms with Crippen molar-refractivity contribution < 1.29 is 19.1 Å². The maximum atomic E-state index is 13.8. The Hall–Kier alpha value is -1.88. The quantitative estimate of drug-likeness (QED) is 0.844. The molecule has 0 aliphatic heterocycles. The average molecular weight is 310 g/mol. The van der Waals surface area contributed by atoms with Gasteiger partial charge in [0.2, 0.25) is 5.91 Å². The fourth-order valence-corrected chi connectivity index (χ4v) is 3.51. The van der Waals surface area contributed by atoms with Crippen LogP contribution >= 0.6 is 11.6 Å². The lowest BCUT2D eigenvalue weighted by atomic mass is 9.82. The predicted molar refractivity (Wildman–Crippen MR) is 75.4 cm³/mol. The van der Waals surface area contributed by atoms with Crippen LogP contribution in [0.15, 0.2) is 30.4 Å². The number of benzene rings is 1. The molecule has 0 heterocycles. The second-order valence-electron chi connectivity index (χ2n) is 5.43. The molecule has 4 atom stereocenters. The summed E-state index contributed by atoms with van der Waals surface area (Å²) in [6.07, 6.45) is 4.39. The fraction of sp³-hybridized carbons (Fsp3) is 0.333. The minimum absolute atomic E-state index is 0.0246. The molecule has 1 aromatic carbocycles. The molecule has 0 aromatic heterocycles. The number of allylic oxidation sites excluding steroid dienone is 2. The molecule has 0 saturated heterocycles. The number of carbonyl (C=O) groups is 2. The smallest absolute Gasteiger partial charge is 0.307 e. The molecule has 110 valence electrons. The van der Waals surface area contributed by atoms with Crippen LogP contribution in [0.25, 0.3) is 0 Å². The number of carboxylic acids is 1. The molecule has 0 radical (unpaired) electrons. The number of halogens is 2. The zero-order valence-electron chi connectivity index (χ0n) is 10.9. The first-order valence-corrected chi connectivity index (χ1v) is 7.03. The van der Waals surface area contributed by atoms with Crippen molar-refractivity contribution in [3.63, 3.8) is 0 Å². The number of hydrogen-bond acceptors (Lipinski definition) is 2. The number of fused-ring (bicyclic) bond motifs is 2. The van der Waals surface area contributed by atoms with Crippen molar-refractivity contribution in [1.29, 1.82) is 0 Å². The molecule has 1 saturated carbocycles. The number of rotatable bonds is 3. The van der Waals surface area contributed by atoms with Crippen LogP contribution in [0.5, 0.6) is 0 Å². The molecule has 2 bridgehead atoms. The van der Waals surface area contributed by atoms with Gasteiger partial charge in [-0.3, -0.25) is 9.59 Å². The SMILES string of the molecule is O=C(O)[C@@H]1C2C=CC(C2)[C@@H]1C(=O)Nc1cccc(Cl)c1F. The van der Waals surface area contributed by atoms with Crippen molar-refractivity contribution >= 4 is 29.2 Å². The lowest BCUT2D eigenvalue weighted by molar-refractivity contribution is -0.146. The van der Waals surface area contributed by atoms with E-state index in [0.717, 1.165) is 0 Å². The first-order chi connectivity index (χ1) is 9.99. The summed E-state index contributed by atoms with van der Waals surface area (Å²) >= 11 is 5.67. The van der Waals surface area contributed by atoms with Crippen LogP contribution in [0.3, 0.4) is 0 Å². The van der Waals surface area contributed by atoms with Gasteiger partial charge < -0.3 is 10.4 Å². The van der Waals surface area contributed by atoms with E-state index in [9.17, 15) is 19.1 Å². The van der Waals surface area contributed by atoms with E-state index in [1.807, 2.05) is 12.2 Å². The Kier molecular flexibility index (Phi) is 3.45. The normalized spacial score (nSPS) is 29.6. The summed E-state index contributed by atoms with van der Waals surface area (Å²) in [5.74, 6) is -3.80. The van der Waals surface area contributed by atoms with Gasteiger partial charge in [0.05, 0.1) is 22.5 Å². The Labute approximate surface area is 125 Å². The third-order valence-electron chi connectivity index (χ3n) is 4.26. The number of carboxylic acid groups (broad SMARTS) is 1. The van der Waals surface area contributed by atoms with Gasteiger partial charge in [-0.15, -0.1) is 0 Å². The highest BCUT2D eigenvalue weighted by Gasteiger charge is 2.51. The Balaban J connectivity index is 1.84. The standard InChI is InChI=1S/C15H13ClFNO3/c16-9-2-1-3-10(13(9)17)18-14(19)11-7-4-5-8(6-7)12(11)15(20)21/h1-5,7-8,11-12H,6H2,(H,18,19)(H,20,21)/t7?,8?,11-,12+/m0/s1. The molecular weight excluding hydrogens is 297 g/mol. The molecule has 4 nitrogen and oxygen atoms in total. The Bertz CT molecular complexity index is 646. The van der Waals surface area contributed by atoms with Gasteiger partial charge in [-0.2, -0.15) is 0 Å². The van der Waals surface area contributed by atoms with E-state index in [4.69, 9.17) is 11.6 Å². The largest absolute Gasteiger partial charge is 0.481 e. The summed E-state index contributed by atoms with van der Waals surface area (Å²) in [5.41, 5.74) is -0.0246. The molecule has 0 spiro atoms. The highest BCUT2D eigenvalue weighted by atomic mass is 35.5. The molecule has 3 rings (SSSR count). The average Bonchev–Trinajstić information content (AvgIpc) is 3.04. The van der Waals surface area contributed by atoms with Crippen LogP contribution in [0, 0.1) is 29.5 Å². The van der Waals surface area contributed by atoms with Crippen molar-refractivity contribution in [1.82, 2.24) is 0 Å². The van der Waals surface area contributed by atoms with E-state index in [1.54, 1.807) is 0 Å². The molecule has 2 aliphatic rings. The minimum atomic E-state index is -0.987. The molecule has 2 N–H and O–H groups in total. The summed E-state index contributed by atoms with van der Waals surface area (Å²) in [6, 6.07) is 4.31. The summed E-state index contributed by atoms with van der Waals surface area (Å²) in [6.45, 7) is 0. The van der Waals surface area contributed by atoms with E-state index < -0.39 is 29.5 Å². The van der Waals surface area contributed by atoms with E-state index in [2.05, 4.69) is 5.32 Å². The van der Waals surface area contributed by atoms with Crippen LogP contribution in [0.4, 0.5) is 10.1 Å². The molecule has 1 amide bonds. The van der Waals surface area contributed by atoms with Crippen molar-refractivity contribution in [3.05, 3.63) is 41.2 Å². The molecule has 2 unspecified atom stereocenters. The second kappa shape index (κ2) is 5.15. The van der Waals surface area contributed by atoms with E-state index >= 15 is 0 Å². The Morgan fingerprint density at radius 2 is 1.90 bits per heavy atom. The maximum Gasteiger partial charge on any atom is 0.307 e. The summed E-state index contributed by atoms with van der Waals surface area (Å²) in [5, 5.41) is 11.7. The zero-order valence-corrected chi connectivity index (χ0v) is 11.7. The van der Waals surface area contributed by atoms with Gasteiger partial charge in [0.25, 0.3) is 0 Å². The minimum Gasteiger partial charge on any atom is -0.481 e. The summed E-state index contributed by atoms with van der Waals surface area (Å²) in [7, 11) is 0. The summed E-state index contributed by atoms with van der Waals surface area (Å²) < 4.78 is 13.8. The number of hydrogen-bond donors (Lipinski definition) is 2. The molecule has 2 aliphatic carbocycles. The van der Waals surface area contributed by atoms with Gasteiger partial charge in [0, 0.05) is 0 Å². The lowest BCUT2D eigenvalue weighted by Crippen LogP contribution is -2.36. The topological polar surface area (TPSA) is 66.4 Å². The Morgan fingerprint density at radius 3 is 2.57 bits per heavy atom. The van der Waals surface area contributed by atoms with Crippen LogP contribution in [-0.2, 0) is 9.59 Å². The maximum absolute atomic E-state index is 13.8. The van der Waals surface area contributed by atoms with Gasteiger partial charge in [-0.1, -0.05) is 29.8 Å². The van der Waals surface area contributed by atoms with Crippen molar-refractivity contribution in [2.24, 2.45) is 23.7 Å². The van der Waals surface area contributed by atoms with Crippen LogP contribution < -0.4 is 5.32 Å². The molecule has 1 aromatic rings. The van der Waals surface area contributed by atoms with E-state index in [0.29, 0.717) is 6.42 Å². The number of amides is 1. The molecule has 21 heavy (non-hydrogen) atoms. The third kappa shape index (κ3) is 2.31. The van der Waals surface area contributed by atoms with E-state index in [-0.39, 0.29) is 22.5 Å². The number of aliphatic carboxylic acids is 1.